The second kappa shape index (κ2) is 6.77. The Bertz CT molecular complexity index is 576. The van der Waals surface area contributed by atoms with E-state index in [1.165, 1.54) is 19.2 Å². The highest BCUT2D eigenvalue weighted by Crippen LogP contribution is 2.27. The van der Waals surface area contributed by atoms with Crippen LogP contribution in [0.15, 0.2) is 23.1 Å². The first kappa shape index (κ1) is 17.9. The van der Waals surface area contributed by atoms with Crippen LogP contribution in [-0.2, 0) is 16.6 Å². The number of rotatable bonds is 6. The maximum atomic E-state index is 12.4. The molecule has 0 amide bonds. The summed E-state index contributed by atoms with van der Waals surface area (Å²) in [5, 5.41) is 9.10. The van der Waals surface area contributed by atoms with Crippen molar-refractivity contribution in [3.8, 4) is 5.75 Å². The summed E-state index contributed by atoms with van der Waals surface area (Å²) in [4.78, 5) is 0.0864. The maximum absolute atomic E-state index is 12.4. The van der Waals surface area contributed by atoms with E-state index < -0.39 is 10.0 Å². The van der Waals surface area contributed by atoms with Crippen LogP contribution in [-0.4, -0.2) is 27.2 Å². The van der Waals surface area contributed by atoms with Crippen molar-refractivity contribution in [1.82, 2.24) is 4.72 Å². The average Bonchev–Trinajstić information content (AvgIpc) is 2.42. The molecule has 6 heteroatoms. The predicted octanol–water partition coefficient (Wildman–Crippen LogP) is 2.15. The molecule has 1 aromatic rings. The molecule has 0 heterocycles. The molecule has 1 unspecified atom stereocenters. The summed E-state index contributed by atoms with van der Waals surface area (Å²) in [6.07, 6.45) is 0. The molecule has 0 saturated heterocycles. The smallest absolute Gasteiger partial charge is 0.244 e. The van der Waals surface area contributed by atoms with Crippen LogP contribution < -0.4 is 9.46 Å². The van der Waals surface area contributed by atoms with Crippen LogP contribution in [0.3, 0.4) is 0 Å². The molecule has 21 heavy (non-hydrogen) atoms. The van der Waals surface area contributed by atoms with E-state index in [0.29, 0.717) is 12.1 Å². The third kappa shape index (κ3) is 4.69. The Kier molecular flexibility index (Phi) is 5.78. The van der Waals surface area contributed by atoms with Gasteiger partial charge in [-0.05, 0) is 29.0 Å². The summed E-state index contributed by atoms with van der Waals surface area (Å²) in [6, 6.07) is 4.56. The summed E-state index contributed by atoms with van der Waals surface area (Å²) in [5.74, 6) is 0.424. The molecule has 1 atom stereocenters. The topological polar surface area (TPSA) is 75.6 Å². The summed E-state index contributed by atoms with van der Waals surface area (Å²) >= 11 is 0. The zero-order valence-corrected chi connectivity index (χ0v) is 14.1. The van der Waals surface area contributed by atoms with Gasteiger partial charge in [0, 0.05) is 6.54 Å². The molecule has 0 fully saturated rings. The largest absolute Gasteiger partial charge is 0.495 e. The molecular formula is C15H25NO4S. The lowest BCUT2D eigenvalue weighted by Crippen LogP contribution is -2.33. The van der Waals surface area contributed by atoms with Crippen molar-refractivity contribution in [2.45, 2.75) is 39.2 Å². The molecule has 120 valence electrons. The number of sulfonamides is 1. The fourth-order valence-electron chi connectivity index (χ4n) is 1.65. The van der Waals surface area contributed by atoms with Crippen molar-refractivity contribution >= 4 is 10.0 Å². The Morgan fingerprint density at radius 1 is 1.33 bits per heavy atom. The van der Waals surface area contributed by atoms with Crippen LogP contribution in [0.5, 0.6) is 5.75 Å². The van der Waals surface area contributed by atoms with Gasteiger partial charge in [0.2, 0.25) is 10.0 Å². The van der Waals surface area contributed by atoms with Gasteiger partial charge in [-0.3, -0.25) is 0 Å². The molecule has 0 aliphatic rings. The third-order valence-corrected chi connectivity index (χ3v) is 5.22. The van der Waals surface area contributed by atoms with Crippen molar-refractivity contribution < 1.29 is 18.3 Å². The van der Waals surface area contributed by atoms with E-state index in [0.717, 1.165) is 0 Å². The van der Waals surface area contributed by atoms with E-state index in [-0.39, 0.29) is 28.6 Å². The molecule has 1 rings (SSSR count). The first-order chi connectivity index (χ1) is 9.61. The second-order valence-electron chi connectivity index (χ2n) is 6.26. The minimum absolute atomic E-state index is 0.0212. The molecule has 5 nitrogen and oxygen atoms in total. The molecule has 0 spiro atoms. The number of hydrogen-bond acceptors (Lipinski definition) is 4. The fraction of sp³-hybridized carbons (Fsp3) is 0.600. The molecule has 0 aliphatic heterocycles. The van der Waals surface area contributed by atoms with Gasteiger partial charge in [0.15, 0.2) is 0 Å². The van der Waals surface area contributed by atoms with Gasteiger partial charge < -0.3 is 9.84 Å². The Morgan fingerprint density at radius 3 is 2.43 bits per heavy atom. The molecule has 1 aromatic carbocycles. The first-order valence-corrected chi connectivity index (χ1v) is 8.37. The van der Waals surface area contributed by atoms with Crippen molar-refractivity contribution in [3.63, 3.8) is 0 Å². The van der Waals surface area contributed by atoms with E-state index in [1.54, 1.807) is 6.07 Å². The molecular weight excluding hydrogens is 290 g/mol. The van der Waals surface area contributed by atoms with Gasteiger partial charge >= 0.3 is 0 Å². The molecule has 0 bridgehead atoms. The lowest BCUT2D eigenvalue weighted by molar-refractivity contribution is 0.263. The normalized spacial score (nSPS) is 14.0. The Labute approximate surface area is 127 Å². The van der Waals surface area contributed by atoms with E-state index in [4.69, 9.17) is 9.84 Å². The van der Waals surface area contributed by atoms with Crippen LogP contribution in [0.1, 0.15) is 33.3 Å². The van der Waals surface area contributed by atoms with Crippen LogP contribution in [0.2, 0.25) is 0 Å². The van der Waals surface area contributed by atoms with Crippen molar-refractivity contribution in [2.75, 3.05) is 13.7 Å². The lowest BCUT2D eigenvalue weighted by Gasteiger charge is -2.27. The second-order valence-corrected chi connectivity index (χ2v) is 8.00. The first-order valence-electron chi connectivity index (χ1n) is 6.89. The van der Waals surface area contributed by atoms with Crippen molar-refractivity contribution in [2.24, 2.45) is 11.3 Å². The van der Waals surface area contributed by atoms with Crippen LogP contribution >= 0.6 is 0 Å². The third-order valence-electron chi connectivity index (χ3n) is 3.76. The zero-order valence-electron chi connectivity index (χ0n) is 13.3. The number of benzene rings is 1. The fourth-order valence-corrected chi connectivity index (χ4v) is 2.93. The average molecular weight is 315 g/mol. The highest BCUT2D eigenvalue weighted by Gasteiger charge is 2.24. The van der Waals surface area contributed by atoms with E-state index >= 15 is 0 Å². The van der Waals surface area contributed by atoms with Crippen LogP contribution in [0.25, 0.3) is 0 Å². The summed E-state index contributed by atoms with van der Waals surface area (Å²) in [7, 11) is -2.23. The Morgan fingerprint density at radius 2 is 1.95 bits per heavy atom. The van der Waals surface area contributed by atoms with E-state index in [2.05, 4.69) is 25.5 Å². The SMILES string of the molecule is COc1cc(CO)ccc1S(=O)(=O)NCC(C)C(C)(C)C. The lowest BCUT2D eigenvalue weighted by atomic mass is 9.82. The number of nitrogens with one attached hydrogen (secondary N) is 1. The standard InChI is InChI=1S/C15H25NO4S/c1-11(15(2,3)4)9-16-21(18,19)14-7-6-12(10-17)8-13(14)20-5/h6-8,11,16-17H,9-10H2,1-5H3. The Hall–Kier alpha value is -1.11. The Balaban J connectivity index is 2.98. The zero-order chi connectivity index (χ0) is 16.3. The number of aliphatic hydroxyl groups is 1. The van der Waals surface area contributed by atoms with Crippen LogP contribution in [0.4, 0.5) is 0 Å². The number of ether oxygens (including phenoxy) is 1. The quantitative estimate of drug-likeness (QED) is 0.843. The highest BCUT2D eigenvalue weighted by atomic mass is 32.2. The highest BCUT2D eigenvalue weighted by molar-refractivity contribution is 7.89. The van der Waals surface area contributed by atoms with Gasteiger partial charge in [0.25, 0.3) is 0 Å². The molecule has 0 aliphatic carbocycles. The minimum atomic E-state index is -3.64. The predicted molar refractivity (Wildman–Crippen MR) is 82.7 cm³/mol. The summed E-state index contributed by atoms with van der Waals surface area (Å²) < 4.78 is 32.5. The van der Waals surface area contributed by atoms with E-state index in [9.17, 15) is 8.42 Å². The van der Waals surface area contributed by atoms with Gasteiger partial charge in [-0.15, -0.1) is 0 Å². The summed E-state index contributed by atoms with van der Waals surface area (Å²) in [5.41, 5.74) is 0.627. The number of methoxy groups -OCH3 is 1. The van der Waals surface area contributed by atoms with Crippen molar-refractivity contribution in [3.05, 3.63) is 23.8 Å². The number of aliphatic hydroxyl groups excluding tert-OH is 1. The van der Waals surface area contributed by atoms with Crippen LogP contribution in [0, 0.1) is 11.3 Å². The van der Waals surface area contributed by atoms with Gasteiger partial charge in [-0.2, -0.15) is 0 Å². The van der Waals surface area contributed by atoms with Gasteiger partial charge in [-0.25, -0.2) is 13.1 Å². The van der Waals surface area contributed by atoms with Crippen molar-refractivity contribution in [1.29, 1.82) is 0 Å². The summed E-state index contributed by atoms with van der Waals surface area (Å²) in [6.45, 7) is 8.42. The van der Waals surface area contributed by atoms with Gasteiger partial charge in [-0.1, -0.05) is 33.8 Å². The van der Waals surface area contributed by atoms with E-state index in [1.807, 2.05) is 6.92 Å². The monoisotopic (exact) mass is 315 g/mol. The van der Waals surface area contributed by atoms with Gasteiger partial charge in [0.1, 0.15) is 10.6 Å². The molecule has 2 N–H and O–H groups in total. The molecule has 0 aromatic heterocycles. The van der Waals surface area contributed by atoms with Gasteiger partial charge in [0.05, 0.1) is 13.7 Å². The number of hydrogen-bond donors (Lipinski definition) is 2. The molecule has 0 radical (unpaired) electrons. The maximum Gasteiger partial charge on any atom is 0.244 e. The molecule has 0 saturated carbocycles. The minimum Gasteiger partial charge on any atom is -0.495 e.